The highest BCUT2D eigenvalue weighted by Crippen LogP contribution is 2.25. The van der Waals surface area contributed by atoms with Crippen LogP contribution in [0.3, 0.4) is 0 Å². The summed E-state index contributed by atoms with van der Waals surface area (Å²) in [6.07, 6.45) is 0. The second-order valence-electron chi connectivity index (χ2n) is 5.56. The first-order chi connectivity index (χ1) is 11.2. The summed E-state index contributed by atoms with van der Waals surface area (Å²) >= 11 is 0. The van der Waals surface area contributed by atoms with E-state index < -0.39 is 0 Å². The highest BCUT2D eigenvalue weighted by atomic mass is 35.5. The van der Waals surface area contributed by atoms with Gasteiger partial charge >= 0.3 is 0 Å². The summed E-state index contributed by atoms with van der Waals surface area (Å²) < 4.78 is 3.11. The average molecular weight is 340 g/mol. The average Bonchev–Trinajstić information content (AvgIpc) is 2.90. The van der Waals surface area contributed by atoms with Gasteiger partial charge in [-0.1, -0.05) is 54.6 Å². The molecule has 1 heterocycles. The number of hydrogen-bond acceptors (Lipinski definition) is 3. The summed E-state index contributed by atoms with van der Waals surface area (Å²) in [4.78, 5) is 25.6. The van der Waals surface area contributed by atoms with Crippen molar-refractivity contribution >= 4 is 11.6 Å². The number of nitrogens with zero attached hydrogens (tertiary/aromatic N) is 3. The van der Waals surface area contributed by atoms with Crippen molar-refractivity contribution in [1.29, 1.82) is 0 Å². The van der Waals surface area contributed by atoms with Crippen LogP contribution in [0, 0.1) is 0 Å². The Morgan fingerprint density at radius 1 is 0.917 bits per heavy atom. The van der Waals surface area contributed by atoms with Crippen molar-refractivity contribution in [2.24, 2.45) is 7.05 Å². The standard InChI is InChI=1S/C18H14N3O2.ClH/c1-20-15-16(21(19-20)11-12-7-3-2-4-8-12)18(23)14-10-6-5-9-13(14)17(15)22;/h2-10H,11H2,1H3;1H/q+1;/p-1. The van der Waals surface area contributed by atoms with Gasteiger partial charge in [-0.25, -0.2) is 0 Å². The number of aryl methyl sites for hydroxylation is 1. The number of ketones is 2. The fraction of sp³-hybridized carbons (Fsp3) is 0.111. The summed E-state index contributed by atoms with van der Waals surface area (Å²) in [5.74, 6) is -0.309. The zero-order valence-corrected chi connectivity index (χ0v) is 13.7. The Morgan fingerprint density at radius 3 is 2.17 bits per heavy atom. The molecule has 0 N–H and O–H groups in total. The number of carbonyl (C=O) groups is 2. The minimum Gasteiger partial charge on any atom is -1.00 e. The van der Waals surface area contributed by atoms with E-state index in [1.165, 1.54) is 4.68 Å². The van der Waals surface area contributed by atoms with Gasteiger partial charge in [-0.2, -0.15) is 0 Å². The van der Waals surface area contributed by atoms with E-state index in [0.29, 0.717) is 29.1 Å². The molecule has 24 heavy (non-hydrogen) atoms. The van der Waals surface area contributed by atoms with E-state index in [1.807, 2.05) is 30.3 Å². The summed E-state index contributed by atoms with van der Waals surface area (Å²) in [6.45, 7) is 0.450. The summed E-state index contributed by atoms with van der Waals surface area (Å²) in [7, 11) is 1.69. The molecule has 3 aromatic rings. The zero-order chi connectivity index (χ0) is 16.0. The van der Waals surface area contributed by atoms with Crippen molar-refractivity contribution in [3.05, 3.63) is 82.7 Å². The van der Waals surface area contributed by atoms with Crippen LogP contribution in [0.15, 0.2) is 54.6 Å². The number of carbonyl (C=O) groups excluding carboxylic acids is 2. The smallest absolute Gasteiger partial charge is 0.250 e. The highest BCUT2D eigenvalue weighted by Gasteiger charge is 2.41. The van der Waals surface area contributed by atoms with Gasteiger partial charge in [0.25, 0.3) is 0 Å². The maximum Gasteiger partial charge on any atom is 0.250 e. The molecule has 0 unspecified atom stereocenters. The van der Waals surface area contributed by atoms with Crippen LogP contribution in [-0.2, 0) is 13.6 Å². The molecule has 4 rings (SSSR count). The van der Waals surface area contributed by atoms with Crippen LogP contribution in [0.25, 0.3) is 0 Å². The van der Waals surface area contributed by atoms with E-state index in [4.69, 9.17) is 0 Å². The summed E-state index contributed by atoms with van der Waals surface area (Å²) in [5.41, 5.74) is 2.63. The molecule has 1 aliphatic rings. The zero-order valence-electron chi connectivity index (χ0n) is 12.9. The van der Waals surface area contributed by atoms with E-state index in [0.717, 1.165) is 5.56 Å². The number of hydrogen-bond donors (Lipinski definition) is 0. The van der Waals surface area contributed by atoms with Crippen molar-refractivity contribution in [3.8, 4) is 0 Å². The minimum absolute atomic E-state index is 0. The summed E-state index contributed by atoms with van der Waals surface area (Å²) in [6, 6.07) is 16.7. The van der Waals surface area contributed by atoms with Crippen LogP contribution in [0.1, 0.15) is 37.7 Å². The van der Waals surface area contributed by atoms with Crippen molar-refractivity contribution in [2.75, 3.05) is 0 Å². The van der Waals surface area contributed by atoms with Crippen LogP contribution < -0.4 is 17.1 Å². The Bertz CT molecular complexity index is 948. The largest absolute Gasteiger partial charge is 1.00 e. The van der Waals surface area contributed by atoms with Gasteiger partial charge in [-0.3, -0.25) is 9.59 Å². The van der Waals surface area contributed by atoms with Gasteiger partial charge in [0.15, 0.2) is 0 Å². The van der Waals surface area contributed by atoms with Crippen LogP contribution >= 0.6 is 0 Å². The van der Waals surface area contributed by atoms with Gasteiger partial charge in [-0.05, 0) is 5.56 Å². The number of rotatable bonds is 2. The van der Waals surface area contributed by atoms with Crippen LogP contribution in [-0.4, -0.2) is 21.5 Å². The molecule has 0 aliphatic heterocycles. The van der Waals surface area contributed by atoms with Crippen LogP contribution in [0.4, 0.5) is 0 Å². The first-order valence-corrected chi connectivity index (χ1v) is 7.36. The van der Waals surface area contributed by atoms with E-state index >= 15 is 0 Å². The van der Waals surface area contributed by atoms with E-state index in [1.54, 1.807) is 36.0 Å². The SMILES string of the molecule is C[n+]1nn(Cc2ccccc2)c2c1C(=O)c1ccccc1C2=O.[Cl-]. The monoisotopic (exact) mass is 339 g/mol. The molecule has 6 heteroatoms. The normalized spacial score (nSPS) is 12.4. The third kappa shape index (κ3) is 2.34. The van der Waals surface area contributed by atoms with Crippen LogP contribution in [0.5, 0.6) is 0 Å². The highest BCUT2D eigenvalue weighted by molar-refractivity contribution is 6.26. The van der Waals surface area contributed by atoms with Crippen molar-refractivity contribution in [2.45, 2.75) is 6.54 Å². The Morgan fingerprint density at radius 2 is 1.50 bits per heavy atom. The topological polar surface area (TPSA) is 55.8 Å². The summed E-state index contributed by atoms with van der Waals surface area (Å²) in [5, 5.41) is 4.36. The first-order valence-electron chi connectivity index (χ1n) is 7.36. The Labute approximate surface area is 144 Å². The lowest BCUT2D eigenvalue weighted by atomic mass is 9.90. The quantitative estimate of drug-likeness (QED) is 0.419. The van der Waals surface area contributed by atoms with Gasteiger partial charge in [0.05, 0.1) is 5.21 Å². The van der Waals surface area contributed by atoms with Crippen molar-refractivity contribution in [1.82, 2.24) is 9.90 Å². The minimum atomic E-state index is -0.156. The molecule has 5 nitrogen and oxygen atoms in total. The first kappa shape index (κ1) is 16.1. The number of aromatic nitrogens is 3. The lowest BCUT2D eigenvalue weighted by molar-refractivity contribution is -0.733. The lowest BCUT2D eigenvalue weighted by Gasteiger charge is -2.11. The molecule has 0 bridgehead atoms. The van der Waals surface area contributed by atoms with Gasteiger partial charge < -0.3 is 12.4 Å². The molecule has 0 atom stereocenters. The van der Waals surface area contributed by atoms with Gasteiger partial charge in [0, 0.05) is 11.1 Å². The molecule has 1 aliphatic carbocycles. The van der Waals surface area contributed by atoms with Crippen molar-refractivity contribution < 1.29 is 26.7 Å². The third-order valence-electron chi connectivity index (χ3n) is 4.07. The predicted molar refractivity (Wildman–Crippen MR) is 82.3 cm³/mol. The fourth-order valence-corrected chi connectivity index (χ4v) is 3.01. The molecule has 1 aromatic heterocycles. The molecule has 0 radical (unpaired) electrons. The molecular formula is C18H14ClN3O2. The Hall–Kier alpha value is -2.79. The van der Waals surface area contributed by atoms with E-state index in [-0.39, 0.29) is 24.0 Å². The Balaban J connectivity index is 0.00000169. The lowest BCUT2D eigenvalue weighted by Crippen LogP contribution is -3.00. The maximum absolute atomic E-state index is 12.9. The molecule has 0 spiro atoms. The molecular weight excluding hydrogens is 326 g/mol. The van der Waals surface area contributed by atoms with E-state index in [2.05, 4.69) is 5.21 Å². The van der Waals surface area contributed by atoms with Crippen LogP contribution in [0.2, 0.25) is 0 Å². The molecule has 2 aromatic carbocycles. The fourth-order valence-electron chi connectivity index (χ4n) is 3.01. The Kier molecular flexibility index (Phi) is 4.03. The molecule has 120 valence electrons. The third-order valence-corrected chi connectivity index (χ3v) is 4.07. The number of halogens is 1. The predicted octanol–water partition coefficient (Wildman–Crippen LogP) is -1.46. The van der Waals surface area contributed by atoms with Gasteiger partial charge in [-0.15, -0.1) is 9.36 Å². The molecule has 0 fully saturated rings. The maximum atomic E-state index is 12.9. The number of fused-ring (bicyclic) bond motifs is 2. The van der Waals surface area contributed by atoms with Gasteiger partial charge in [0.2, 0.25) is 23.0 Å². The molecule has 0 saturated heterocycles. The molecule has 0 amide bonds. The van der Waals surface area contributed by atoms with E-state index in [9.17, 15) is 9.59 Å². The second-order valence-corrected chi connectivity index (χ2v) is 5.56. The van der Waals surface area contributed by atoms with Crippen molar-refractivity contribution in [3.63, 3.8) is 0 Å². The number of benzene rings is 2. The second kappa shape index (κ2) is 6.02. The molecule has 0 saturated carbocycles. The van der Waals surface area contributed by atoms with Gasteiger partial charge in [0.1, 0.15) is 13.6 Å².